The van der Waals surface area contributed by atoms with Gasteiger partial charge < -0.3 is 5.32 Å². The second-order valence-electron chi connectivity index (χ2n) is 4.33. The molecule has 0 unspecified atom stereocenters. The van der Waals surface area contributed by atoms with Crippen LogP contribution in [0.15, 0.2) is 53.9 Å². The largest absolute Gasteiger partial charge is 0.362 e. The summed E-state index contributed by atoms with van der Waals surface area (Å²) in [6.07, 6.45) is 4.12. The molecule has 0 saturated heterocycles. The predicted octanol–water partition coefficient (Wildman–Crippen LogP) is 2.99. The molecule has 0 saturated carbocycles. The van der Waals surface area contributed by atoms with Crippen LogP contribution in [-0.4, -0.2) is 17.6 Å². The van der Waals surface area contributed by atoms with Crippen molar-refractivity contribution in [3.05, 3.63) is 64.4 Å². The van der Waals surface area contributed by atoms with Gasteiger partial charge in [-0.3, -0.25) is 10.1 Å². The first kappa shape index (κ1) is 15.4. The Bertz CT molecular complexity index is 606. The molecule has 0 bridgehead atoms. The van der Waals surface area contributed by atoms with Crippen LogP contribution in [-0.2, 0) is 11.2 Å². The van der Waals surface area contributed by atoms with Gasteiger partial charge in [-0.25, -0.2) is 0 Å². The van der Waals surface area contributed by atoms with Crippen LogP contribution in [0.4, 0.5) is 0 Å². The molecule has 1 amide bonds. The number of rotatable bonds is 5. The van der Waals surface area contributed by atoms with Gasteiger partial charge in [0.2, 0.25) is 5.91 Å². The molecular formula is C16H16N2OS2. The summed E-state index contributed by atoms with van der Waals surface area (Å²) in [6, 6.07) is 14.0. The van der Waals surface area contributed by atoms with Crippen LogP contribution in [0.2, 0.25) is 0 Å². The van der Waals surface area contributed by atoms with Crippen molar-refractivity contribution in [2.45, 2.75) is 6.42 Å². The van der Waals surface area contributed by atoms with Gasteiger partial charge in [0.15, 0.2) is 5.11 Å². The molecule has 2 rings (SSSR count). The standard InChI is InChI=1S/C16H16N2OS2/c19-15(9-8-14-7-4-12-21-14)18-16(20)17-11-10-13-5-2-1-3-6-13/h1-9,12H,10-11H2,(H2,17,18,19,20)/b9-8+. The zero-order valence-electron chi connectivity index (χ0n) is 11.4. The van der Waals surface area contributed by atoms with Crippen molar-refractivity contribution in [2.24, 2.45) is 0 Å². The number of carbonyl (C=O) groups excluding carboxylic acids is 1. The van der Waals surface area contributed by atoms with E-state index in [1.54, 1.807) is 17.4 Å². The lowest BCUT2D eigenvalue weighted by atomic mass is 10.1. The van der Waals surface area contributed by atoms with Gasteiger partial charge in [-0.05, 0) is 41.7 Å². The lowest BCUT2D eigenvalue weighted by Gasteiger charge is -2.07. The van der Waals surface area contributed by atoms with Crippen molar-refractivity contribution in [1.29, 1.82) is 0 Å². The number of amides is 1. The van der Waals surface area contributed by atoms with E-state index in [2.05, 4.69) is 22.8 Å². The summed E-state index contributed by atoms with van der Waals surface area (Å²) in [4.78, 5) is 12.7. The predicted molar refractivity (Wildman–Crippen MR) is 92.2 cm³/mol. The van der Waals surface area contributed by atoms with Crippen molar-refractivity contribution in [1.82, 2.24) is 10.6 Å². The second-order valence-corrected chi connectivity index (χ2v) is 5.72. The van der Waals surface area contributed by atoms with Crippen LogP contribution >= 0.6 is 23.6 Å². The first-order chi connectivity index (χ1) is 10.2. The Kier molecular flexibility index (Phi) is 6.12. The molecule has 5 heteroatoms. The van der Waals surface area contributed by atoms with Crippen molar-refractivity contribution in [3.8, 4) is 0 Å². The average molecular weight is 316 g/mol. The zero-order chi connectivity index (χ0) is 14.9. The van der Waals surface area contributed by atoms with Gasteiger partial charge in [0, 0.05) is 17.5 Å². The lowest BCUT2D eigenvalue weighted by Crippen LogP contribution is -2.39. The number of hydrogen-bond acceptors (Lipinski definition) is 3. The van der Waals surface area contributed by atoms with Crippen LogP contribution in [0.3, 0.4) is 0 Å². The zero-order valence-corrected chi connectivity index (χ0v) is 13.0. The van der Waals surface area contributed by atoms with Crippen molar-refractivity contribution < 1.29 is 4.79 Å². The quantitative estimate of drug-likeness (QED) is 0.658. The smallest absolute Gasteiger partial charge is 0.250 e. The molecule has 1 aromatic heterocycles. The highest BCUT2D eigenvalue weighted by atomic mass is 32.1. The maximum Gasteiger partial charge on any atom is 0.250 e. The number of thiocarbonyl (C=S) groups is 1. The van der Waals surface area contributed by atoms with Gasteiger partial charge in [-0.15, -0.1) is 11.3 Å². The number of benzene rings is 1. The molecule has 3 nitrogen and oxygen atoms in total. The molecule has 0 spiro atoms. The maximum absolute atomic E-state index is 11.7. The summed E-state index contributed by atoms with van der Waals surface area (Å²) < 4.78 is 0. The Labute approximate surface area is 133 Å². The third-order valence-corrected chi connectivity index (χ3v) is 3.80. The Morgan fingerprint density at radius 2 is 2.00 bits per heavy atom. The summed E-state index contributed by atoms with van der Waals surface area (Å²) in [6.45, 7) is 0.692. The number of nitrogens with one attached hydrogen (secondary N) is 2. The Morgan fingerprint density at radius 3 is 2.71 bits per heavy atom. The van der Waals surface area contributed by atoms with Crippen LogP contribution in [0.5, 0.6) is 0 Å². The van der Waals surface area contributed by atoms with E-state index in [1.165, 1.54) is 11.6 Å². The average Bonchev–Trinajstić information content (AvgIpc) is 2.99. The molecule has 2 N–H and O–H groups in total. The fourth-order valence-electron chi connectivity index (χ4n) is 1.71. The SMILES string of the molecule is O=C(/C=C/c1cccs1)NC(=S)NCCc1ccccc1. The first-order valence-electron chi connectivity index (χ1n) is 6.58. The van der Waals surface area contributed by atoms with E-state index < -0.39 is 0 Å². The van der Waals surface area contributed by atoms with Gasteiger partial charge in [-0.2, -0.15) is 0 Å². The van der Waals surface area contributed by atoms with Crippen molar-refractivity contribution in [3.63, 3.8) is 0 Å². The van der Waals surface area contributed by atoms with Crippen LogP contribution in [0.25, 0.3) is 6.08 Å². The summed E-state index contributed by atoms with van der Waals surface area (Å²) in [5.74, 6) is -0.222. The Hall–Kier alpha value is -1.98. The fraction of sp³-hybridized carbons (Fsp3) is 0.125. The van der Waals surface area contributed by atoms with E-state index in [0.717, 1.165) is 11.3 Å². The molecule has 2 aromatic rings. The van der Waals surface area contributed by atoms with Crippen LogP contribution in [0, 0.1) is 0 Å². The van der Waals surface area contributed by atoms with E-state index in [0.29, 0.717) is 11.7 Å². The van der Waals surface area contributed by atoms with Crippen molar-refractivity contribution in [2.75, 3.05) is 6.54 Å². The molecule has 108 valence electrons. The molecule has 0 aliphatic heterocycles. The van der Waals surface area contributed by atoms with Gasteiger partial charge >= 0.3 is 0 Å². The highest BCUT2D eigenvalue weighted by Crippen LogP contribution is 2.09. The second kappa shape index (κ2) is 8.34. The third-order valence-electron chi connectivity index (χ3n) is 2.72. The number of thiophene rings is 1. The Morgan fingerprint density at radius 1 is 1.19 bits per heavy atom. The lowest BCUT2D eigenvalue weighted by molar-refractivity contribution is -0.115. The molecular weight excluding hydrogens is 300 g/mol. The highest BCUT2D eigenvalue weighted by Gasteiger charge is 2.00. The number of carbonyl (C=O) groups is 1. The summed E-state index contributed by atoms with van der Waals surface area (Å²) >= 11 is 6.67. The monoisotopic (exact) mass is 316 g/mol. The van der Waals surface area contributed by atoms with Gasteiger partial charge in [0.05, 0.1) is 0 Å². The van der Waals surface area contributed by atoms with Crippen LogP contribution in [0.1, 0.15) is 10.4 Å². The van der Waals surface area contributed by atoms with E-state index in [9.17, 15) is 4.79 Å². The van der Waals surface area contributed by atoms with Gasteiger partial charge in [0.1, 0.15) is 0 Å². The van der Waals surface area contributed by atoms with Crippen molar-refractivity contribution >= 4 is 40.7 Å². The van der Waals surface area contributed by atoms with Gasteiger partial charge in [-0.1, -0.05) is 36.4 Å². The first-order valence-corrected chi connectivity index (χ1v) is 7.87. The van der Waals surface area contributed by atoms with E-state index in [1.807, 2.05) is 35.7 Å². The molecule has 1 aromatic carbocycles. The minimum absolute atomic E-state index is 0.222. The molecule has 0 radical (unpaired) electrons. The summed E-state index contributed by atoms with van der Waals surface area (Å²) in [7, 11) is 0. The van der Waals surface area contributed by atoms with E-state index in [4.69, 9.17) is 12.2 Å². The molecule has 1 heterocycles. The fourth-order valence-corrected chi connectivity index (χ4v) is 2.53. The third kappa shape index (κ3) is 5.89. The normalized spacial score (nSPS) is 10.5. The molecule has 0 aliphatic carbocycles. The minimum atomic E-state index is -0.222. The maximum atomic E-state index is 11.7. The van der Waals surface area contributed by atoms with Gasteiger partial charge in [0.25, 0.3) is 0 Å². The topological polar surface area (TPSA) is 41.1 Å². The molecule has 0 aliphatic rings. The molecule has 21 heavy (non-hydrogen) atoms. The summed E-state index contributed by atoms with van der Waals surface area (Å²) in [5.41, 5.74) is 1.23. The molecule has 0 atom stereocenters. The van der Waals surface area contributed by atoms with E-state index in [-0.39, 0.29) is 5.91 Å². The minimum Gasteiger partial charge on any atom is -0.362 e. The number of hydrogen-bond donors (Lipinski definition) is 2. The molecule has 0 fully saturated rings. The van der Waals surface area contributed by atoms with E-state index >= 15 is 0 Å². The highest BCUT2D eigenvalue weighted by molar-refractivity contribution is 7.80. The summed E-state index contributed by atoms with van der Waals surface area (Å²) in [5, 5.41) is 7.97. The Balaban J connectivity index is 1.68. The van der Waals surface area contributed by atoms with Crippen LogP contribution < -0.4 is 10.6 Å².